The monoisotopic (exact) mass is 524 g/mol. The molecule has 0 aliphatic rings. The molecule has 0 bridgehead atoms. The standard InChI is InChI=1S/C24H36N4O5S2/c1-16(2)11-20(27-22(31)19(25-15-30)9-10-35-3)24(33)28-21(12-17-7-5-4-6-8-17)23(32)26-18(13-29)14-34/h4-8,13,15-16,18-21,34H,9-12,14H2,1-3H3,(H,25,30)(H,26,32)(H,27,31)(H,28,33)/t18-,19+,20+,21+/m1/s1. The third kappa shape index (κ3) is 11.6. The van der Waals surface area contributed by atoms with Crippen molar-refractivity contribution >= 4 is 54.8 Å². The number of thioether (sulfide) groups is 1. The number of benzene rings is 1. The molecule has 0 fully saturated rings. The summed E-state index contributed by atoms with van der Waals surface area (Å²) in [5.74, 6) is -0.668. The van der Waals surface area contributed by atoms with E-state index in [0.717, 1.165) is 5.56 Å². The topological polar surface area (TPSA) is 133 Å². The Labute approximate surface area is 216 Å². The molecule has 0 unspecified atom stereocenters. The third-order valence-electron chi connectivity index (χ3n) is 5.14. The molecule has 0 radical (unpaired) electrons. The summed E-state index contributed by atoms with van der Waals surface area (Å²) in [5.41, 5.74) is 0.818. The van der Waals surface area contributed by atoms with Crippen LogP contribution in [-0.2, 0) is 30.4 Å². The molecule has 0 aromatic heterocycles. The highest BCUT2D eigenvalue weighted by molar-refractivity contribution is 7.98. The smallest absolute Gasteiger partial charge is 0.243 e. The second kappa shape index (κ2) is 17.0. The molecule has 0 saturated heterocycles. The van der Waals surface area contributed by atoms with Gasteiger partial charge in [-0.15, -0.1) is 0 Å². The van der Waals surface area contributed by atoms with Crippen molar-refractivity contribution in [2.75, 3.05) is 17.8 Å². The Morgan fingerprint density at radius 1 is 0.943 bits per heavy atom. The van der Waals surface area contributed by atoms with Gasteiger partial charge in [0, 0.05) is 12.2 Å². The quantitative estimate of drug-likeness (QED) is 0.151. The van der Waals surface area contributed by atoms with Gasteiger partial charge >= 0.3 is 0 Å². The van der Waals surface area contributed by atoms with Crippen molar-refractivity contribution in [2.24, 2.45) is 5.92 Å². The number of aldehydes is 1. The molecule has 0 aliphatic carbocycles. The molecule has 4 amide bonds. The molecule has 0 spiro atoms. The van der Waals surface area contributed by atoms with Crippen molar-refractivity contribution in [1.82, 2.24) is 21.3 Å². The number of amides is 4. The normalized spacial score (nSPS) is 14.2. The minimum atomic E-state index is -0.973. The lowest BCUT2D eigenvalue weighted by Crippen LogP contribution is -2.58. The highest BCUT2D eigenvalue weighted by atomic mass is 32.2. The van der Waals surface area contributed by atoms with E-state index in [-0.39, 0.29) is 18.1 Å². The molecular formula is C24H36N4O5S2. The molecule has 35 heavy (non-hydrogen) atoms. The first-order chi connectivity index (χ1) is 16.7. The second-order valence-electron chi connectivity index (χ2n) is 8.49. The van der Waals surface area contributed by atoms with Crippen LogP contribution in [0.4, 0.5) is 0 Å². The first kappa shape index (κ1) is 30.5. The summed E-state index contributed by atoms with van der Waals surface area (Å²) in [6.45, 7) is 3.83. The van der Waals surface area contributed by atoms with Crippen LogP contribution in [0.25, 0.3) is 0 Å². The van der Waals surface area contributed by atoms with Crippen molar-refractivity contribution in [3.8, 4) is 0 Å². The van der Waals surface area contributed by atoms with Gasteiger partial charge in [-0.25, -0.2) is 0 Å². The zero-order valence-corrected chi connectivity index (χ0v) is 22.1. The summed E-state index contributed by atoms with van der Waals surface area (Å²) in [5, 5.41) is 10.6. The van der Waals surface area contributed by atoms with E-state index in [1.165, 1.54) is 0 Å². The Balaban J connectivity index is 3.07. The van der Waals surface area contributed by atoms with Crippen LogP contribution in [0.3, 0.4) is 0 Å². The summed E-state index contributed by atoms with van der Waals surface area (Å²) < 4.78 is 0. The van der Waals surface area contributed by atoms with E-state index in [2.05, 4.69) is 33.9 Å². The van der Waals surface area contributed by atoms with Crippen LogP contribution in [0.1, 0.15) is 32.3 Å². The van der Waals surface area contributed by atoms with Gasteiger partial charge in [0.15, 0.2) is 0 Å². The average molecular weight is 525 g/mol. The minimum Gasteiger partial charge on any atom is -0.347 e. The van der Waals surface area contributed by atoms with Gasteiger partial charge in [-0.05, 0) is 36.3 Å². The van der Waals surface area contributed by atoms with Gasteiger partial charge in [0.25, 0.3) is 0 Å². The predicted molar refractivity (Wildman–Crippen MR) is 141 cm³/mol. The summed E-state index contributed by atoms with van der Waals surface area (Å²) >= 11 is 5.60. The van der Waals surface area contributed by atoms with Gasteiger partial charge in [-0.1, -0.05) is 44.2 Å². The molecular weight excluding hydrogens is 488 g/mol. The first-order valence-electron chi connectivity index (χ1n) is 11.4. The van der Waals surface area contributed by atoms with Gasteiger partial charge < -0.3 is 26.1 Å². The van der Waals surface area contributed by atoms with Crippen LogP contribution in [0.5, 0.6) is 0 Å². The van der Waals surface area contributed by atoms with E-state index < -0.39 is 41.9 Å². The van der Waals surface area contributed by atoms with Crippen molar-refractivity contribution < 1.29 is 24.0 Å². The number of carbonyl (C=O) groups excluding carboxylic acids is 5. The Morgan fingerprint density at radius 3 is 2.09 bits per heavy atom. The maximum Gasteiger partial charge on any atom is 0.243 e. The number of hydrogen-bond acceptors (Lipinski definition) is 7. The van der Waals surface area contributed by atoms with E-state index in [1.807, 2.05) is 50.4 Å². The molecule has 194 valence electrons. The Hall–Kier alpha value is -2.53. The maximum atomic E-state index is 13.3. The van der Waals surface area contributed by atoms with Crippen molar-refractivity contribution in [3.63, 3.8) is 0 Å². The van der Waals surface area contributed by atoms with Crippen LogP contribution in [0.2, 0.25) is 0 Å². The molecule has 0 aliphatic heterocycles. The van der Waals surface area contributed by atoms with Crippen LogP contribution in [0, 0.1) is 5.92 Å². The van der Waals surface area contributed by atoms with Crippen molar-refractivity contribution in [2.45, 2.75) is 57.3 Å². The Bertz CT molecular complexity index is 825. The van der Waals surface area contributed by atoms with E-state index in [0.29, 0.717) is 31.3 Å². The fraction of sp³-hybridized carbons (Fsp3) is 0.542. The fourth-order valence-electron chi connectivity index (χ4n) is 3.32. The van der Waals surface area contributed by atoms with Crippen LogP contribution >= 0.6 is 24.4 Å². The van der Waals surface area contributed by atoms with E-state index in [1.54, 1.807) is 11.8 Å². The van der Waals surface area contributed by atoms with E-state index >= 15 is 0 Å². The first-order valence-corrected chi connectivity index (χ1v) is 13.5. The fourth-order valence-corrected chi connectivity index (χ4v) is 3.97. The number of thiol groups is 1. The Kier molecular flexibility index (Phi) is 14.8. The number of hydrogen-bond donors (Lipinski definition) is 5. The van der Waals surface area contributed by atoms with Gasteiger partial charge in [0.2, 0.25) is 24.1 Å². The summed E-state index contributed by atoms with van der Waals surface area (Å²) in [7, 11) is 0. The lowest BCUT2D eigenvalue weighted by atomic mass is 10.0. The second-order valence-corrected chi connectivity index (χ2v) is 9.84. The van der Waals surface area contributed by atoms with Crippen molar-refractivity contribution in [3.05, 3.63) is 35.9 Å². The molecule has 0 saturated carbocycles. The Morgan fingerprint density at radius 2 is 1.54 bits per heavy atom. The highest BCUT2D eigenvalue weighted by Crippen LogP contribution is 2.09. The minimum absolute atomic E-state index is 0.0692. The summed E-state index contributed by atoms with van der Waals surface area (Å²) in [6, 6.07) is 5.71. The van der Waals surface area contributed by atoms with Crippen LogP contribution in [-0.4, -0.2) is 72.3 Å². The van der Waals surface area contributed by atoms with Gasteiger partial charge in [-0.2, -0.15) is 24.4 Å². The van der Waals surface area contributed by atoms with Gasteiger partial charge in [-0.3, -0.25) is 19.2 Å². The third-order valence-corrected chi connectivity index (χ3v) is 6.18. The number of nitrogens with one attached hydrogen (secondary N) is 4. The molecule has 1 aromatic carbocycles. The highest BCUT2D eigenvalue weighted by Gasteiger charge is 2.30. The molecule has 9 nitrogen and oxygen atoms in total. The molecule has 1 rings (SSSR count). The molecule has 4 N–H and O–H groups in total. The molecule has 1 aromatic rings. The van der Waals surface area contributed by atoms with Gasteiger partial charge in [0.1, 0.15) is 24.4 Å². The molecule has 4 atom stereocenters. The SMILES string of the molecule is CSCC[C@H](NC=O)C(=O)N[C@@H](CC(C)C)C(=O)N[C@@H](Cc1ccccc1)C(=O)N[C@H](C=O)CS. The molecule has 11 heteroatoms. The lowest BCUT2D eigenvalue weighted by Gasteiger charge is -2.26. The lowest BCUT2D eigenvalue weighted by molar-refractivity contribution is -0.133. The number of rotatable bonds is 17. The molecule has 0 heterocycles. The average Bonchev–Trinajstić information content (AvgIpc) is 2.84. The zero-order valence-electron chi connectivity index (χ0n) is 20.4. The van der Waals surface area contributed by atoms with Crippen LogP contribution < -0.4 is 21.3 Å². The summed E-state index contributed by atoms with van der Waals surface area (Å²) in [4.78, 5) is 61.2. The summed E-state index contributed by atoms with van der Waals surface area (Å²) in [6.07, 6.45) is 3.89. The number of carbonyl (C=O) groups is 5. The predicted octanol–water partition coefficient (Wildman–Crippen LogP) is 0.726. The van der Waals surface area contributed by atoms with E-state index in [9.17, 15) is 24.0 Å². The zero-order chi connectivity index (χ0) is 26.2. The van der Waals surface area contributed by atoms with E-state index in [4.69, 9.17) is 0 Å². The van der Waals surface area contributed by atoms with Crippen molar-refractivity contribution in [1.29, 1.82) is 0 Å². The van der Waals surface area contributed by atoms with Crippen LogP contribution in [0.15, 0.2) is 30.3 Å². The van der Waals surface area contributed by atoms with Gasteiger partial charge in [0.05, 0.1) is 6.04 Å². The largest absolute Gasteiger partial charge is 0.347 e. The maximum absolute atomic E-state index is 13.3.